The van der Waals surface area contributed by atoms with E-state index in [1.54, 1.807) is 0 Å². The molecule has 0 aliphatic rings. The highest BCUT2D eigenvalue weighted by Crippen LogP contribution is 2.11. The van der Waals surface area contributed by atoms with Crippen LogP contribution in [0.25, 0.3) is 0 Å². The van der Waals surface area contributed by atoms with Crippen molar-refractivity contribution in [1.29, 1.82) is 0 Å². The second-order valence-electron chi connectivity index (χ2n) is 4.72. The van der Waals surface area contributed by atoms with E-state index >= 15 is 0 Å². The zero-order valence-corrected chi connectivity index (χ0v) is 12.4. The lowest BCUT2D eigenvalue weighted by molar-refractivity contribution is 0.348. The number of nitrogens with zero attached hydrogens (tertiary/aromatic N) is 3. The van der Waals surface area contributed by atoms with Crippen LogP contribution in [0.15, 0.2) is 42.6 Å². The molecular formula is C15H21N3S. The van der Waals surface area contributed by atoms with E-state index in [1.165, 1.54) is 11.3 Å². The molecule has 0 radical (unpaired) electrons. The molecule has 0 amide bonds. The fourth-order valence-corrected chi connectivity index (χ4v) is 2.99. The van der Waals surface area contributed by atoms with Crippen molar-refractivity contribution < 1.29 is 0 Å². The number of aryl methyl sites for hydroxylation is 1. The summed E-state index contributed by atoms with van der Waals surface area (Å²) in [5, 5.41) is 4.18. The topological polar surface area (TPSA) is 21.1 Å². The quantitative estimate of drug-likeness (QED) is 0.725. The molecule has 0 fully saturated rings. The molecule has 4 heteroatoms. The zero-order chi connectivity index (χ0) is 13.5. The van der Waals surface area contributed by atoms with Crippen LogP contribution in [-0.4, -0.2) is 34.0 Å². The van der Waals surface area contributed by atoms with Crippen LogP contribution in [0.4, 0.5) is 0 Å². The van der Waals surface area contributed by atoms with Gasteiger partial charge in [0.2, 0.25) is 0 Å². The van der Waals surface area contributed by atoms with E-state index in [1.807, 2.05) is 29.7 Å². The first-order chi connectivity index (χ1) is 9.25. The summed E-state index contributed by atoms with van der Waals surface area (Å²) in [4.78, 5) is 2.37. The fraction of sp³-hybridized carbons (Fsp3) is 0.400. The van der Waals surface area contributed by atoms with Crippen LogP contribution < -0.4 is 0 Å². The summed E-state index contributed by atoms with van der Waals surface area (Å²) in [6.45, 7) is 2.13. The molecule has 1 aromatic heterocycles. The van der Waals surface area contributed by atoms with Gasteiger partial charge < -0.3 is 4.90 Å². The Bertz CT molecular complexity index is 481. The first-order valence-corrected chi connectivity index (χ1v) is 7.68. The van der Waals surface area contributed by atoms with Gasteiger partial charge in [-0.25, -0.2) is 0 Å². The molecule has 102 valence electrons. The van der Waals surface area contributed by atoms with E-state index in [0.717, 1.165) is 24.6 Å². The van der Waals surface area contributed by atoms with Gasteiger partial charge in [0.05, 0.1) is 0 Å². The first-order valence-electron chi connectivity index (χ1n) is 6.53. The lowest BCUT2D eigenvalue weighted by atomic mass is 10.2. The summed E-state index contributed by atoms with van der Waals surface area (Å²) in [6, 6.07) is 12.7. The van der Waals surface area contributed by atoms with Gasteiger partial charge in [-0.2, -0.15) is 16.9 Å². The van der Waals surface area contributed by atoms with Gasteiger partial charge in [0.15, 0.2) is 0 Å². The Morgan fingerprint density at radius 3 is 2.68 bits per heavy atom. The minimum absolute atomic E-state index is 1.02. The number of hydrogen-bond acceptors (Lipinski definition) is 3. The van der Waals surface area contributed by atoms with Crippen molar-refractivity contribution in [2.45, 2.75) is 12.3 Å². The Hall–Kier alpha value is -1.26. The molecule has 0 atom stereocenters. The van der Waals surface area contributed by atoms with Crippen molar-refractivity contribution in [1.82, 2.24) is 14.7 Å². The van der Waals surface area contributed by atoms with Crippen LogP contribution in [0.2, 0.25) is 0 Å². The van der Waals surface area contributed by atoms with Gasteiger partial charge in [-0.1, -0.05) is 30.3 Å². The summed E-state index contributed by atoms with van der Waals surface area (Å²) in [5.41, 5.74) is 2.66. The summed E-state index contributed by atoms with van der Waals surface area (Å²) in [7, 11) is 4.18. The maximum absolute atomic E-state index is 4.18. The Morgan fingerprint density at radius 1 is 1.21 bits per heavy atom. The molecule has 0 unspecified atom stereocenters. The van der Waals surface area contributed by atoms with Gasteiger partial charge in [0.25, 0.3) is 0 Å². The molecule has 0 spiro atoms. The molecule has 3 nitrogen and oxygen atoms in total. The van der Waals surface area contributed by atoms with Crippen molar-refractivity contribution in [3.8, 4) is 0 Å². The van der Waals surface area contributed by atoms with Gasteiger partial charge in [-0.15, -0.1) is 0 Å². The summed E-state index contributed by atoms with van der Waals surface area (Å²) in [5.74, 6) is 2.18. The van der Waals surface area contributed by atoms with Crippen LogP contribution in [-0.2, 0) is 19.3 Å². The number of hydrogen-bond donors (Lipinski definition) is 0. The molecule has 1 heterocycles. The number of thioether (sulfide) groups is 1. The monoisotopic (exact) mass is 275 g/mol. The van der Waals surface area contributed by atoms with Crippen LogP contribution in [0.3, 0.4) is 0 Å². The average molecular weight is 275 g/mol. The SMILES string of the molecule is CN(CCSCc1ccnn1C)Cc1ccccc1. The van der Waals surface area contributed by atoms with E-state index < -0.39 is 0 Å². The third kappa shape index (κ3) is 4.73. The minimum atomic E-state index is 1.02. The van der Waals surface area contributed by atoms with Crippen molar-refractivity contribution in [2.75, 3.05) is 19.3 Å². The smallest absolute Gasteiger partial charge is 0.0492 e. The van der Waals surface area contributed by atoms with Gasteiger partial charge >= 0.3 is 0 Å². The summed E-state index contributed by atoms with van der Waals surface area (Å²) >= 11 is 1.96. The maximum atomic E-state index is 4.18. The second kappa shape index (κ2) is 7.36. The molecule has 2 rings (SSSR count). The maximum Gasteiger partial charge on any atom is 0.0492 e. The summed E-state index contributed by atoms with van der Waals surface area (Å²) < 4.78 is 1.95. The molecule has 0 saturated heterocycles. The Balaban J connectivity index is 1.64. The number of benzene rings is 1. The van der Waals surface area contributed by atoms with Gasteiger partial charge in [0, 0.05) is 43.5 Å². The molecule has 0 bridgehead atoms. The molecule has 0 aliphatic carbocycles. The van der Waals surface area contributed by atoms with Crippen LogP contribution in [0, 0.1) is 0 Å². The first kappa shape index (κ1) is 14.2. The summed E-state index contributed by atoms with van der Waals surface area (Å²) in [6.07, 6.45) is 1.86. The van der Waals surface area contributed by atoms with Crippen LogP contribution >= 0.6 is 11.8 Å². The van der Waals surface area contributed by atoms with E-state index in [-0.39, 0.29) is 0 Å². The molecule has 2 aromatic rings. The molecule has 19 heavy (non-hydrogen) atoms. The third-order valence-corrected chi connectivity index (χ3v) is 4.06. The predicted octanol–water partition coefficient (Wildman–Crippen LogP) is 2.79. The van der Waals surface area contributed by atoms with E-state index in [4.69, 9.17) is 0 Å². The standard InChI is InChI=1S/C15H21N3S/c1-17(12-14-6-4-3-5-7-14)10-11-19-13-15-8-9-16-18(15)2/h3-9H,10-13H2,1-2H3. The van der Waals surface area contributed by atoms with E-state index in [9.17, 15) is 0 Å². The Kier molecular flexibility index (Phi) is 5.48. The van der Waals surface area contributed by atoms with Gasteiger partial charge in [0.1, 0.15) is 0 Å². The van der Waals surface area contributed by atoms with Crippen LogP contribution in [0.1, 0.15) is 11.3 Å². The molecular weight excluding hydrogens is 254 g/mol. The van der Waals surface area contributed by atoms with Crippen LogP contribution in [0.5, 0.6) is 0 Å². The normalized spacial score (nSPS) is 11.1. The molecule has 1 aromatic carbocycles. The highest BCUT2D eigenvalue weighted by Gasteiger charge is 2.02. The highest BCUT2D eigenvalue weighted by molar-refractivity contribution is 7.98. The van der Waals surface area contributed by atoms with Crippen molar-refractivity contribution in [2.24, 2.45) is 7.05 Å². The Morgan fingerprint density at radius 2 is 2.00 bits per heavy atom. The highest BCUT2D eigenvalue weighted by atomic mass is 32.2. The number of aromatic nitrogens is 2. The lowest BCUT2D eigenvalue weighted by Gasteiger charge is -2.16. The minimum Gasteiger partial charge on any atom is -0.301 e. The Labute approximate surface area is 119 Å². The molecule has 0 aliphatic heterocycles. The van der Waals surface area contributed by atoms with Gasteiger partial charge in [-0.3, -0.25) is 4.68 Å². The largest absolute Gasteiger partial charge is 0.301 e. The van der Waals surface area contributed by atoms with Crippen molar-refractivity contribution >= 4 is 11.8 Å². The predicted molar refractivity (Wildman–Crippen MR) is 82.1 cm³/mol. The van der Waals surface area contributed by atoms with E-state index in [0.29, 0.717) is 0 Å². The average Bonchev–Trinajstić information content (AvgIpc) is 2.81. The fourth-order valence-electron chi connectivity index (χ4n) is 1.91. The van der Waals surface area contributed by atoms with Gasteiger partial charge in [-0.05, 0) is 18.7 Å². The molecule has 0 N–H and O–H groups in total. The van der Waals surface area contributed by atoms with E-state index in [2.05, 4.69) is 53.4 Å². The van der Waals surface area contributed by atoms with Crippen molar-refractivity contribution in [3.63, 3.8) is 0 Å². The zero-order valence-electron chi connectivity index (χ0n) is 11.6. The molecule has 0 saturated carbocycles. The second-order valence-corrected chi connectivity index (χ2v) is 5.83. The van der Waals surface area contributed by atoms with Crippen molar-refractivity contribution in [3.05, 3.63) is 53.9 Å². The third-order valence-electron chi connectivity index (χ3n) is 3.09. The lowest BCUT2D eigenvalue weighted by Crippen LogP contribution is -2.20. The number of rotatable bonds is 7.